The van der Waals surface area contributed by atoms with E-state index >= 15 is 0 Å². The molecular weight excluding hydrogens is 315 g/mol. The zero-order chi connectivity index (χ0) is 15.4. The standard InChI is InChI=1S/C14H12ClFN2O2S/c1-20-12-6-8(14(19)18-21-2)3-4-10(12)9-5-11(15)13(16)17-7-9/h3-7H,1-2H3,(H,18,19). The van der Waals surface area contributed by atoms with Crippen LogP contribution in [-0.4, -0.2) is 24.3 Å². The Kier molecular flexibility index (Phi) is 5.03. The average molecular weight is 327 g/mol. The number of methoxy groups -OCH3 is 1. The molecule has 0 saturated heterocycles. The Hall–Kier alpha value is -1.79. The van der Waals surface area contributed by atoms with Gasteiger partial charge in [0.2, 0.25) is 5.95 Å². The maximum atomic E-state index is 13.1. The number of amides is 1. The van der Waals surface area contributed by atoms with Crippen LogP contribution in [0.5, 0.6) is 5.75 Å². The molecule has 0 atom stereocenters. The number of aromatic nitrogens is 1. The number of carbonyl (C=O) groups excluding carboxylic acids is 1. The van der Waals surface area contributed by atoms with Crippen molar-refractivity contribution in [2.24, 2.45) is 0 Å². The second-order valence-electron chi connectivity index (χ2n) is 4.05. The highest BCUT2D eigenvalue weighted by Crippen LogP contribution is 2.32. The number of nitrogens with zero attached hydrogens (tertiary/aromatic N) is 1. The summed E-state index contributed by atoms with van der Waals surface area (Å²) in [6.07, 6.45) is 3.12. The van der Waals surface area contributed by atoms with Crippen molar-refractivity contribution >= 4 is 29.5 Å². The summed E-state index contributed by atoms with van der Waals surface area (Å²) in [5.74, 6) is -0.466. The molecule has 2 aromatic rings. The molecule has 0 saturated carbocycles. The van der Waals surface area contributed by atoms with E-state index in [9.17, 15) is 9.18 Å². The number of carbonyl (C=O) groups is 1. The Morgan fingerprint density at radius 3 is 2.81 bits per heavy atom. The molecule has 1 amide bonds. The fraction of sp³-hybridized carbons (Fsp3) is 0.143. The van der Waals surface area contributed by atoms with E-state index < -0.39 is 5.95 Å². The first kappa shape index (κ1) is 15.6. The SMILES string of the molecule is COc1cc(C(=O)NSC)ccc1-c1cnc(F)c(Cl)c1. The van der Waals surface area contributed by atoms with Gasteiger partial charge in [-0.05, 0) is 24.3 Å². The maximum Gasteiger partial charge on any atom is 0.261 e. The summed E-state index contributed by atoms with van der Waals surface area (Å²) in [5, 5.41) is -0.0706. The van der Waals surface area contributed by atoms with Gasteiger partial charge in [0, 0.05) is 29.1 Å². The van der Waals surface area contributed by atoms with E-state index in [1.54, 1.807) is 24.5 Å². The van der Waals surface area contributed by atoms with Gasteiger partial charge in [0.25, 0.3) is 5.91 Å². The molecule has 21 heavy (non-hydrogen) atoms. The molecule has 110 valence electrons. The summed E-state index contributed by atoms with van der Waals surface area (Å²) in [6.45, 7) is 0. The number of ether oxygens (including phenoxy) is 1. The van der Waals surface area contributed by atoms with Gasteiger partial charge < -0.3 is 4.74 Å². The summed E-state index contributed by atoms with van der Waals surface area (Å²) in [5.41, 5.74) is 1.74. The van der Waals surface area contributed by atoms with Crippen LogP contribution in [-0.2, 0) is 0 Å². The molecule has 0 bridgehead atoms. The number of halogens is 2. The lowest BCUT2D eigenvalue weighted by atomic mass is 10.0. The Balaban J connectivity index is 2.44. The molecule has 0 aliphatic heterocycles. The molecule has 1 heterocycles. The Morgan fingerprint density at radius 1 is 1.43 bits per heavy atom. The van der Waals surface area contributed by atoms with Crippen LogP contribution >= 0.6 is 23.5 Å². The van der Waals surface area contributed by atoms with Crippen molar-refractivity contribution in [1.29, 1.82) is 0 Å². The number of rotatable bonds is 4. The molecule has 0 unspecified atom stereocenters. The lowest BCUT2D eigenvalue weighted by Gasteiger charge is -2.11. The number of benzene rings is 1. The van der Waals surface area contributed by atoms with Crippen molar-refractivity contribution in [2.45, 2.75) is 0 Å². The van der Waals surface area contributed by atoms with Crippen molar-refractivity contribution in [3.8, 4) is 16.9 Å². The number of pyridine rings is 1. The molecule has 1 N–H and O–H groups in total. The predicted molar refractivity (Wildman–Crippen MR) is 82.2 cm³/mol. The van der Waals surface area contributed by atoms with Gasteiger partial charge in [0.05, 0.1) is 12.1 Å². The summed E-state index contributed by atoms with van der Waals surface area (Å²) in [4.78, 5) is 15.4. The predicted octanol–water partition coefficient (Wildman–Crippen LogP) is 3.56. The largest absolute Gasteiger partial charge is 0.496 e. The summed E-state index contributed by atoms with van der Waals surface area (Å²) >= 11 is 6.95. The smallest absolute Gasteiger partial charge is 0.261 e. The lowest BCUT2D eigenvalue weighted by molar-refractivity contribution is 0.0984. The van der Waals surface area contributed by atoms with Gasteiger partial charge in [-0.15, -0.1) is 0 Å². The van der Waals surface area contributed by atoms with Crippen LogP contribution in [0.25, 0.3) is 11.1 Å². The number of hydrogen-bond donors (Lipinski definition) is 1. The third kappa shape index (κ3) is 3.46. The van der Waals surface area contributed by atoms with Crippen LogP contribution in [0.2, 0.25) is 5.02 Å². The molecule has 7 heteroatoms. The molecule has 1 aromatic carbocycles. The van der Waals surface area contributed by atoms with Crippen molar-refractivity contribution in [3.05, 3.63) is 47.0 Å². The molecule has 4 nitrogen and oxygen atoms in total. The summed E-state index contributed by atoms with van der Waals surface area (Å²) in [6, 6.07) is 6.43. The number of hydrogen-bond acceptors (Lipinski definition) is 4. The number of nitrogens with one attached hydrogen (secondary N) is 1. The Labute approximate surface area is 130 Å². The average Bonchev–Trinajstić information content (AvgIpc) is 2.49. The molecule has 0 aliphatic rings. The van der Waals surface area contributed by atoms with Gasteiger partial charge in [0.1, 0.15) is 5.75 Å². The van der Waals surface area contributed by atoms with Crippen molar-refractivity contribution in [2.75, 3.05) is 13.4 Å². The fourth-order valence-electron chi connectivity index (χ4n) is 1.79. The van der Waals surface area contributed by atoms with Gasteiger partial charge in [0.15, 0.2) is 0 Å². The second-order valence-corrected chi connectivity index (χ2v) is 5.07. The summed E-state index contributed by atoms with van der Waals surface area (Å²) in [7, 11) is 1.49. The van der Waals surface area contributed by atoms with E-state index in [4.69, 9.17) is 16.3 Å². The quantitative estimate of drug-likeness (QED) is 0.689. The molecule has 2 rings (SSSR count). The van der Waals surface area contributed by atoms with E-state index in [-0.39, 0.29) is 10.9 Å². The van der Waals surface area contributed by atoms with E-state index in [2.05, 4.69) is 9.71 Å². The molecule has 0 aliphatic carbocycles. The summed E-state index contributed by atoms with van der Waals surface area (Å²) < 4.78 is 21.0. The van der Waals surface area contributed by atoms with Crippen LogP contribution in [0.1, 0.15) is 10.4 Å². The van der Waals surface area contributed by atoms with Crippen molar-refractivity contribution < 1.29 is 13.9 Å². The van der Waals surface area contributed by atoms with Gasteiger partial charge in [-0.3, -0.25) is 9.52 Å². The highest BCUT2D eigenvalue weighted by Gasteiger charge is 2.13. The minimum absolute atomic E-state index is 0.0706. The lowest BCUT2D eigenvalue weighted by Crippen LogP contribution is -2.15. The van der Waals surface area contributed by atoms with Crippen LogP contribution in [0.4, 0.5) is 4.39 Å². The van der Waals surface area contributed by atoms with Crippen LogP contribution in [0.3, 0.4) is 0 Å². The van der Waals surface area contributed by atoms with E-state index in [0.717, 1.165) is 0 Å². The minimum Gasteiger partial charge on any atom is -0.496 e. The normalized spacial score (nSPS) is 10.3. The van der Waals surface area contributed by atoms with E-state index in [1.165, 1.54) is 31.3 Å². The van der Waals surface area contributed by atoms with Crippen LogP contribution in [0.15, 0.2) is 30.5 Å². The first-order valence-corrected chi connectivity index (χ1v) is 7.50. The zero-order valence-corrected chi connectivity index (χ0v) is 12.9. The van der Waals surface area contributed by atoms with Gasteiger partial charge in [-0.25, -0.2) is 4.98 Å². The monoisotopic (exact) mass is 326 g/mol. The molecule has 0 fully saturated rings. The van der Waals surface area contributed by atoms with Crippen molar-refractivity contribution in [1.82, 2.24) is 9.71 Å². The minimum atomic E-state index is -0.727. The highest BCUT2D eigenvalue weighted by molar-refractivity contribution is 7.97. The molecule has 0 radical (unpaired) electrons. The molecule has 0 spiro atoms. The van der Waals surface area contributed by atoms with E-state index in [0.29, 0.717) is 22.4 Å². The van der Waals surface area contributed by atoms with Gasteiger partial charge >= 0.3 is 0 Å². The first-order valence-electron chi connectivity index (χ1n) is 5.89. The van der Waals surface area contributed by atoms with Gasteiger partial charge in [-0.1, -0.05) is 23.5 Å². The van der Waals surface area contributed by atoms with Crippen LogP contribution < -0.4 is 9.46 Å². The second kappa shape index (κ2) is 6.78. The Morgan fingerprint density at radius 2 is 2.19 bits per heavy atom. The maximum absolute atomic E-state index is 13.1. The fourth-order valence-corrected chi connectivity index (χ4v) is 2.26. The molecule has 1 aromatic heterocycles. The third-order valence-corrected chi connectivity index (χ3v) is 3.42. The first-order chi connectivity index (χ1) is 10.1. The Bertz CT molecular complexity index is 682. The third-order valence-electron chi connectivity index (χ3n) is 2.77. The molecular formula is C14H12ClFN2O2S. The van der Waals surface area contributed by atoms with Crippen molar-refractivity contribution in [3.63, 3.8) is 0 Å². The van der Waals surface area contributed by atoms with E-state index in [1.807, 2.05) is 0 Å². The highest BCUT2D eigenvalue weighted by atomic mass is 35.5. The zero-order valence-electron chi connectivity index (χ0n) is 11.3. The van der Waals surface area contributed by atoms with Gasteiger partial charge in [-0.2, -0.15) is 4.39 Å². The topological polar surface area (TPSA) is 51.2 Å². The van der Waals surface area contributed by atoms with Crippen LogP contribution in [0, 0.1) is 5.95 Å².